The van der Waals surface area contributed by atoms with Gasteiger partial charge in [-0.1, -0.05) is 42.0 Å². The summed E-state index contributed by atoms with van der Waals surface area (Å²) in [6.07, 6.45) is 8.18. The lowest BCUT2D eigenvalue weighted by Gasteiger charge is -2.12. The molecular weight excluding hydrogens is 298 g/mol. The Labute approximate surface area is 141 Å². The monoisotopic (exact) mass is 319 g/mol. The predicted molar refractivity (Wildman–Crippen MR) is 97.2 cm³/mol. The molecular formula is C21H21NO2. The van der Waals surface area contributed by atoms with E-state index in [1.54, 1.807) is 0 Å². The van der Waals surface area contributed by atoms with Gasteiger partial charge in [0.2, 0.25) is 0 Å². The zero-order chi connectivity index (χ0) is 16.4. The Morgan fingerprint density at radius 2 is 2.00 bits per heavy atom. The lowest BCUT2D eigenvalue weighted by Crippen LogP contribution is -2.24. The van der Waals surface area contributed by atoms with Crippen LogP contribution in [0.4, 0.5) is 0 Å². The van der Waals surface area contributed by atoms with E-state index in [4.69, 9.17) is 4.42 Å². The van der Waals surface area contributed by atoms with Gasteiger partial charge in [-0.05, 0) is 55.0 Å². The summed E-state index contributed by atoms with van der Waals surface area (Å²) in [7, 11) is 0. The van der Waals surface area contributed by atoms with E-state index < -0.39 is 0 Å². The third-order valence-electron chi connectivity index (χ3n) is 4.77. The summed E-state index contributed by atoms with van der Waals surface area (Å²) in [5.41, 5.74) is 2.23. The topological polar surface area (TPSA) is 42.2 Å². The van der Waals surface area contributed by atoms with E-state index in [1.165, 1.54) is 31.3 Å². The molecule has 0 atom stereocenters. The Morgan fingerprint density at radius 3 is 2.88 bits per heavy atom. The number of nitrogens with one attached hydrogen (secondary N) is 1. The van der Waals surface area contributed by atoms with Gasteiger partial charge >= 0.3 is 0 Å². The zero-order valence-corrected chi connectivity index (χ0v) is 13.7. The van der Waals surface area contributed by atoms with Crippen molar-refractivity contribution in [1.82, 2.24) is 5.32 Å². The summed E-state index contributed by atoms with van der Waals surface area (Å²) in [6.45, 7) is 0.669. The first kappa shape index (κ1) is 15.0. The molecule has 0 bridgehead atoms. The number of rotatable bonds is 4. The minimum atomic E-state index is -0.133. The number of benzene rings is 2. The van der Waals surface area contributed by atoms with Gasteiger partial charge in [-0.15, -0.1) is 0 Å². The van der Waals surface area contributed by atoms with Crippen molar-refractivity contribution in [3.05, 3.63) is 59.9 Å². The molecule has 1 aliphatic rings. The Hall–Kier alpha value is -2.55. The molecule has 24 heavy (non-hydrogen) atoms. The average molecular weight is 319 g/mol. The highest BCUT2D eigenvalue weighted by molar-refractivity contribution is 6.08. The number of hydrogen-bond acceptors (Lipinski definition) is 2. The molecule has 1 N–H and O–H groups in total. The van der Waals surface area contributed by atoms with Crippen molar-refractivity contribution >= 4 is 27.6 Å². The van der Waals surface area contributed by atoms with E-state index in [1.807, 2.05) is 30.3 Å². The van der Waals surface area contributed by atoms with E-state index in [-0.39, 0.29) is 5.91 Å². The summed E-state index contributed by atoms with van der Waals surface area (Å²) < 4.78 is 5.75. The maximum Gasteiger partial charge on any atom is 0.287 e. The van der Waals surface area contributed by atoms with Gasteiger partial charge in [0.25, 0.3) is 5.91 Å². The third-order valence-corrected chi connectivity index (χ3v) is 4.77. The lowest BCUT2D eigenvalue weighted by atomic mass is 9.97. The molecule has 3 heteroatoms. The van der Waals surface area contributed by atoms with Crippen LogP contribution in [0.15, 0.2) is 58.5 Å². The van der Waals surface area contributed by atoms with Crippen LogP contribution in [0.25, 0.3) is 21.7 Å². The molecule has 1 aromatic heterocycles. The first-order valence-corrected chi connectivity index (χ1v) is 8.69. The first-order chi connectivity index (χ1) is 11.8. The molecule has 3 aromatic rings. The minimum Gasteiger partial charge on any atom is -0.451 e. The number of furan rings is 1. The summed E-state index contributed by atoms with van der Waals surface area (Å²) in [4.78, 5) is 12.4. The maximum atomic E-state index is 12.4. The van der Waals surface area contributed by atoms with E-state index >= 15 is 0 Å². The predicted octanol–water partition coefficient (Wildman–Crippen LogP) is 5.21. The van der Waals surface area contributed by atoms with E-state index in [0.717, 1.165) is 28.2 Å². The molecule has 0 radical (unpaired) electrons. The van der Waals surface area contributed by atoms with Crippen molar-refractivity contribution in [2.75, 3.05) is 6.54 Å². The molecule has 0 saturated carbocycles. The third kappa shape index (κ3) is 2.94. The molecule has 0 fully saturated rings. The van der Waals surface area contributed by atoms with E-state index in [2.05, 4.69) is 23.5 Å². The van der Waals surface area contributed by atoms with Gasteiger partial charge in [-0.2, -0.15) is 0 Å². The minimum absolute atomic E-state index is 0.133. The molecule has 1 aliphatic carbocycles. The summed E-state index contributed by atoms with van der Waals surface area (Å²) in [6, 6.07) is 14.0. The van der Waals surface area contributed by atoms with Crippen LogP contribution >= 0.6 is 0 Å². The van der Waals surface area contributed by atoms with Crippen LogP contribution in [-0.2, 0) is 0 Å². The number of allylic oxidation sites excluding steroid dienone is 1. The van der Waals surface area contributed by atoms with Crippen LogP contribution in [0.1, 0.15) is 42.7 Å². The summed E-state index contributed by atoms with van der Waals surface area (Å²) in [5.74, 6) is 0.255. The highest BCUT2D eigenvalue weighted by Gasteiger charge is 2.14. The van der Waals surface area contributed by atoms with Crippen LogP contribution < -0.4 is 5.32 Å². The van der Waals surface area contributed by atoms with E-state index in [0.29, 0.717) is 12.3 Å². The maximum absolute atomic E-state index is 12.4. The standard InChI is InChI=1S/C21H21NO2/c23-21(22-13-12-15-6-2-1-3-7-15)20-14-18-17-9-5-4-8-16(17)10-11-19(18)24-20/h4-6,8-11,14H,1-3,7,12-13H2,(H,22,23). The van der Waals surface area contributed by atoms with Crippen LogP contribution in [0, 0.1) is 0 Å². The molecule has 0 unspecified atom stereocenters. The normalized spacial score (nSPS) is 14.8. The van der Waals surface area contributed by atoms with Crippen molar-refractivity contribution in [1.29, 1.82) is 0 Å². The molecule has 122 valence electrons. The first-order valence-electron chi connectivity index (χ1n) is 8.69. The Kier molecular flexibility index (Phi) is 4.08. The fourth-order valence-corrected chi connectivity index (χ4v) is 3.46. The van der Waals surface area contributed by atoms with Gasteiger partial charge in [0, 0.05) is 11.9 Å². The second kappa shape index (κ2) is 6.52. The van der Waals surface area contributed by atoms with Crippen molar-refractivity contribution in [3.63, 3.8) is 0 Å². The molecule has 3 nitrogen and oxygen atoms in total. The lowest BCUT2D eigenvalue weighted by molar-refractivity contribution is 0.0928. The number of carbonyl (C=O) groups excluding carboxylic acids is 1. The van der Waals surface area contributed by atoms with Gasteiger partial charge in [-0.25, -0.2) is 0 Å². The van der Waals surface area contributed by atoms with Crippen LogP contribution in [0.2, 0.25) is 0 Å². The highest BCUT2D eigenvalue weighted by Crippen LogP contribution is 2.28. The smallest absolute Gasteiger partial charge is 0.287 e. The Balaban J connectivity index is 1.50. The summed E-state index contributed by atoms with van der Waals surface area (Å²) in [5, 5.41) is 6.25. The molecule has 4 rings (SSSR count). The molecule has 0 saturated heterocycles. The number of amides is 1. The van der Waals surface area contributed by atoms with Gasteiger partial charge in [0.05, 0.1) is 0 Å². The largest absolute Gasteiger partial charge is 0.451 e. The molecule has 1 amide bonds. The van der Waals surface area contributed by atoms with Crippen molar-refractivity contribution < 1.29 is 9.21 Å². The second-order valence-corrected chi connectivity index (χ2v) is 6.42. The van der Waals surface area contributed by atoms with Crippen molar-refractivity contribution in [3.8, 4) is 0 Å². The number of fused-ring (bicyclic) bond motifs is 3. The zero-order valence-electron chi connectivity index (χ0n) is 13.7. The van der Waals surface area contributed by atoms with Crippen LogP contribution in [0.5, 0.6) is 0 Å². The fraction of sp³-hybridized carbons (Fsp3) is 0.286. The van der Waals surface area contributed by atoms with Gasteiger partial charge in [0.15, 0.2) is 5.76 Å². The van der Waals surface area contributed by atoms with Gasteiger partial charge in [-0.3, -0.25) is 4.79 Å². The van der Waals surface area contributed by atoms with Gasteiger partial charge < -0.3 is 9.73 Å². The Bertz CT molecular complexity index is 920. The molecule has 0 spiro atoms. The average Bonchev–Trinajstić information content (AvgIpc) is 3.07. The number of carbonyl (C=O) groups is 1. The van der Waals surface area contributed by atoms with E-state index in [9.17, 15) is 4.79 Å². The molecule has 1 heterocycles. The molecule has 2 aromatic carbocycles. The van der Waals surface area contributed by atoms with Gasteiger partial charge in [0.1, 0.15) is 5.58 Å². The number of hydrogen-bond donors (Lipinski definition) is 1. The van der Waals surface area contributed by atoms with Crippen molar-refractivity contribution in [2.45, 2.75) is 32.1 Å². The Morgan fingerprint density at radius 1 is 1.08 bits per heavy atom. The summed E-state index contributed by atoms with van der Waals surface area (Å²) >= 11 is 0. The van der Waals surface area contributed by atoms with Crippen molar-refractivity contribution in [2.24, 2.45) is 0 Å². The fourth-order valence-electron chi connectivity index (χ4n) is 3.46. The quantitative estimate of drug-likeness (QED) is 0.671. The SMILES string of the molecule is O=C(NCCC1=CCCCC1)c1cc2c(ccc3ccccc32)o1. The highest BCUT2D eigenvalue weighted by atomic mass is 16.3. The second-order valence-electron chi connectivity index (χ2n) is 6.42. The van der Waals surface area contributed by atoms with Crippen LogP contribution in [0.3, 0.4) is 0 Å². The van der Waals surface area contributed by atoms with Crippen LogP contribution in [-0.4, -0.2) is 12.5 Å². The molecule has 0 aliphatic heterocycles.